The molecule has 1 unspecified atom stereocenters. The lowest BCUT2D eigenvalue weighted by Gasteiger charge is -2.17. The van der Waals surface area contributed by atoms with Crippen molar-refractivity contribution in [2.24, 2.45) is 0 Å². The molecule has 2 N–H and O–H groups in total. The largest absolute Gasteiger partial charge is 0.480 e. The van der Waals surface area contributed by atoms with Crippen LogP contribution in [0.5, 0.6) is 0 Å². The number of amides is 1. The average Bonchev–Trinajstić information content (AvgIpc) is 3.53. The molecule has 0 saturated heterocycles. The molecule has 202 valence electrons. The van der Waals surface area contributed by atoms with Crippen molar-refractivity contribution in [3.8, 4) is 16.8 Å². The number of nitro benzene ring substituents is 2. The van der Waals surface area contributed by atoms with Crippen molar-refractivity contribution in [3.63, 3.8) is 0 Å². The van der Waals surface area contributed by atoms with Gasteiger partial charge in [0.1, 0.15) is 18.3 Å². The first-order valence-corrected chi connectivity index (χ1v) is 12.0. The Kier molecular flexibility index (Phi) is 6.93. The number of ether oxygens (including phenoxy) is 1. The fraction of sp³-hybridized carbons (Fsp3) is 0.148. The Morgan fingerprint density at radius 2 is 1.65 bits per heavy atom. The molecule has 0 saturated carbocycles. The number of alkyl carbamates (subject to hydrolysis) is 1. The minimum absolute atomic E-state index is 0.00460. The molecule has 40 heavy (non-hydrogen) atoms. The van der Waals surface area contributed by atoms with Crippen LogP contribution in [-0.2, 0) is 16.0 Å². The van der Waals surface area contributed by atoms with Crippen LogP contribution in [0, 0.1) is 20.2 Å². The molecular weight excluding hydrogens is 522 g/mol. The summed E-state index contributed by atoms with van der Waals surface area (Å²) in [6.45, 7) is 0.00460. The van der Waals surface area contributed by atoms with Crippen LogP contribution in [0.15, 0.2) is 79.3 Å². The number of aromatic nitrogens is 2. The van der Waals surface area contributed by atoms with Crippen molar-refractivity contribution in [2.45, 2.75) is 18.4 Å². The second-order valence-electron chi connectivity index (χ2n) is 9.02. The molecule has 1 heterocycles. The van der Waals surface area contributed by atoms with Crippen LogP contribution >= 0.6 is 0 Å². The van der Waals surface area contributed by atoms with Crippen LogP contribution < -0.4 is 5.32 Å². The molecule has 5 rings (SSSR count). The van der Waals surface area contributed by atoms with Gasteiger partial charge in [-0.15, -0.1) is 0 Å². The van der Waals surface area contributed by atoms with Crippen molar-refractivity contribution in [1.82, 2.24) is 14.9 Å². The number of fused-ring (bicyclic) bond motifs is 3. The van der Waals surface area contributed by atoms with E-state index in [1.165, 1.54) is 23.2 Å². The summed E-state index contributed by atoms with van der Waals surface area (Å²) < 4.78 is 6.69. The fourth-order valence-electron chi connectivity index (χ4n) is 4.78. The van der Waals surface area contributed by atoms with Gasteiger partial charge >= 0.3 is 12.1 Å². The second kappa shape index (κ2) is 10.6. The summed E-state index contributed by atoms with van der Waals surface area (Å²) >= 11 is 0. The number of nitrogens with zero attached hydrogens (tertiary/aromatic N) is 4. The minimum atomic E-state index is -1.40. The number of aliphatic carboxylic acids is 1. The van der Waals surface area contributed by atoms with Crippen molar-refractivity contribution < 1.29 is 29.3 Å². The maximum absolute atomic E-state index is 12.6. The Morgan fingerprint density at radius 1 is 1.00 bits per heavy atom. The number of carboxylic acids is 1. The summed E-state index contributed by atoms with van der Waals surface area (Å²) in [6, 6.07) is 17.4. The number of carbonyl (C=O) groups is 2. The first-order chi connectivity index (χ1) is 19.2. The van der Waals surface area contributed by atoms with E-state index in [1.54, 1.807) is 0 Å². The zero-order chi connectivity index (χ0) is 28.4. The molecule has 1 aliphatic carbocycles. The third-order valence-electron chi connectivity index (χ3n) is 6.63. The summed E-state index contributed by atoms with van der Waals surface area (Å²) in [6.07, 6.45) is 1.41. The lowest BCUT2D eigenvalue weighted by atomic mass is 9.98. The van der Waals surface area contributed by atoms with Gasteiger partial charge in [0.05, 0.1) is 27.9 Å². The van der Waals surface area contributed by atoms with Gasteiger partial charge in [0.15, 0.2) is 0 Å². The van der Waals surface area contributed by atoms with Gasteiger partial charge in [0.25, 0.3) is 11.4 Å². The highest BCUT2D eigenvalue weighted by Gasteiger charge is 2.30. The summed E-state index contributed by atoms with van der Waals surface area (Å²) in [5.74, 6) is -1.53. The lowest BCUT2D eigenvalue weighted by Crippen LogP contribution is -2.43. The molecular formula is C27H21N5O8. The molecule has 0 aliphatic heterocycles. The molecule has 13 heteroatoms. The number of hydrogen-bond acceptors (Lipinski definition) is 8. The first-order valence-electron chi connectivity index (χ1n) is 12.0. The number of nitrogens with one attached hydrogen (secondary N) is 1. The predicted molar refractivity (Wildman–Crippen MR) is 140 cm³/mol. The number of benzene rings is 3. The molecule has 4 aromatic rings. The predicted octanol–water partition coefficient (Wildman–Crippen LogP) is 4.22. The van der Waals surface area contributed by atoms with Crippen molar-refractivity contribution in [2.75, 3.05) is 6.61 Å². The molecule has 0 bridgehead atoms. The number of imidazole rings is 1. The number of carboxylic acid groups (broad SMARTS) is 1. The number of nitro groups is 2. The van der Waals surface area contributed by atoms with E-state index in [-0.39, 0.29) is 30.3 Å². The summed E-state index contributed by atoms with van der Waals surface area (Å²) in [5.41, 5.74) is 3.37. The van der Waals surface area contributed by atoms with Crippen LogP contribution in [0.4, 0.5) is 16.2 Å². The zero-order valence-corrected chi connectivity index (χ0v) is 20.7. The lowest BCUT2D eigenvalue weighted by molar-refractivity contribution is -0.394. The van der Waals surface area contributed by atoms with Crippen molar-refractivity contribution in [1.29, 1.82) is 0 Å². The summed E-state index contributed by atoms with van der Waals surface area (Å²) in [4.78, 5) is 49.5. The van der Waals surface area contributed by atoms with Crippen molar-refractivity contribution >= 4 is 23.4 Å². The smallest absolute Gasteiger partial charge is 0.407 e. The molecule has 1 aromatic heterocycles. The topological polar surface area (TPSA) is 180 Å². The Morgan fingerprint density at radius 3 is 2.25 bits per heavy atom. The van der Waals surface area contributed by atoms with Gasteiger partial charge in [-0.1, -0.05) is 48.5 Å². The van der Waals surface area contributed by atoms with E-state index in [9.17, 15) is 34.9 Å². The van der Waals surface area contributed by atoms with E-state index in [4.69, 9.17) is 4.74 Å². The maximum Gasteiger partial charge on any atom is 0.407 e. The normalized spacial score (nSPS) is 12.7. The summed E-state index contributed by atoms with van der Waals surface area (Å²) in [5, 5.41) is 34.5. The van der Waals surface area contributed by atoms with E-state index < -0.39 is 39.3 Å². The van der Waals surface area contributed by atoms with Gasteiger partial charge in [0, 0.05) is 24.6 Å². The zero-order valence-electron chi connectivity index (χ0n) is 20.7. The van der Waals surface area contributed by atoms with E-state index in [2.05, 4.69) is 10.3 Å². The number of carbonyl (C=O) groups excluding carboxylic acids is 1. The quantitative estimate of drug-likeness (QED) is 0.231. The standard InChI is InChI=1S/C27H21N5O8/c33-26(34)23(11-16-13-30(15-28-16)24-10-9-17(31(36)37)12-25(24)32(38)39)29-27(35)40-14-22-20-7-3-1-5-18(20)19-6-2-4-8-21(19)22/h1-10,12-13,15,22-23H,11,14H2,(H,29,35)(H,33,34). The number of rotatable bonds is 9. The van der Waals surface area contributed by atoms with Crippen LogP contribution in [0.1, 0.15) is 22.7 Å². The third kappa shape index (κ3) is 5.07. The van der Waals surface area contributed by atoms with Crippen LogP contribution in [0.2, 0.25) is 0 Å². The molecule has 1 atom stereocenters. The minimum Gasteiger partial charge on any atom is -0.480 e. The van der Waals surface area contributed by atoms with Gasteiger partial charge in [-0.3, -0.25) is 24.8 Å². The highest BCUT2D eigenvalue weighted by Crippen LogP contribution is 2.44. The van der Waals surface area contributed by atoms with Gasteiger partial charge in [0.2, 0.25) is 0 Å². The van der Waals surface area contributed by atoms with E-state index in [1.807, 2.05) is 48.5 Å². The Balaban J connectivity index is 1.27. The SMILES string of the molecule is O=C(NC(Cc1cn(-c2ccc([N+](=O)[O-])cc2[N+](=O)[O-])cn1)C(=O)O)OCC1c2ccccc2-c2ccccc21. The van der Waals surface area contributed by atoms with E-state index in [0.717, 1.165) is 34.4 Å². The van der Waals surface area contributed by atoms with Crippen LogP contribution in [0.3, 0.4) is 0 Å². The molecule has 1 amide bonds. The Labute approximate surface area is 226 Å². The Bertz CT molecular complexity index is 1600. The first kappa shape index (κ1) is 26.0. The summed E-state index contributed by atoms with van der Waals surface area (Å²) in [7, 11) is 0. The van der Waals surface area contributed by atoms with Crippen LogP contribution in [-0.4, -0.2) is 49.2 Å². The number of hydrogen-bond donors (Lipinski definition) is 2. The monoisotopic (exact) mass is 543 g/mol. The molecule has 3 aromatic carbocycles. The van der Waals surface area contributed by atoms with Gasteiger partial charge in [-0.25, -0.2) is 14.6 Å². The van der Waals surface area contributed by atoms with E-state index in [0.29, 0.717) is 0 Å². The van der Waals surface area contributed by atoms with Crippen molar-refractivity contribution in [3.05, 3.63) is 116 Å². The number of non-ortho nitro benzene ring substituents is 1. The highest BCUT2D eigenvalue weighted by molar-refractivity contribution is 5.81. The maximum atomic E-state index is 12.6. The van der Waals surface area contributed by atoms with Crippen LogP contribution in [0.25, 0.3) is 16.8 Å². The third-order valence-corrected chi connectivity index (χ3v) is 6.63. The van der Waals surface area contributed by atoms with Gasteiger partial charge < -0.3 is 15.2 Å². The Hall–Kier alpha value is -5.59. The van der Waals surface area contributed by atoms with E-state index >= 15 is 0 Å². The molecule has 0 fully saturated rings. The molecule has 0 radical (unpaired) electrons. The highest BCUT2D eigenvalue weighted by atomic mass is 16.6. The molecule has 13 nitrogen and oxygen atoms in total. The van der Waals surface area contributed by atoms with Gasteiger partial charge in [-0.2, -0.15) is 0 Å². The second-order valence-corrected chi connectivity index (χ2v) is 9.02. The molecule has 1 aliphatic rings. The average molecular weight is 543 g/mol. The molecule has 0 spiro atoms. The van der Waals surface area contributed by atoms with Gasteiger partial charge in [-0.05, 0) is 28.3 Å². The fourth-order valence-corrected chi connectivity index (χ4v) is 4.78.